The van der Waals surface area contributed by atoms with Crippen LogP contribution in [0.1, 0.15) is 5.56 Å². The Morgan fingerprint density at radius 3 is 2.00 bits per heavy atom. The third-order valence-electron chi connectivity index (χ3n) is 1.08. The molecule has 0 aromatic heterocycles. The highest BCUT2D eigenvalue weighted by atomic mass is 35.5. The fourth-order valence-electron chi connectivity index (χ4n) is 0.614. The maximum atomic E-state index is 5.35. The molecule has 0 aliphatic rings. The molecule has 0 saturated heterocycles. The number of hydrogen-bond donors (Lipinski definition) is 1. The Bertz CT molecular complexity index is 155. The predicted octanol–water partition coefficient (Wildman–Crippen LogP) is 0.919. The highest BCUT2D eigenvalue weighted by molar-refractivity contribution is 6.80. The fourth-order valence-corrected chi connectivity index (χ4v) is 0.614. The van der Waals surface area contributed by atoms with Gasteiger partial charge in [-0.05, 0) is 5.56 Å². The average Bonchev–Trinajstić information content (AvgIpc) is 2.10. The predicted molar refractivity (Wildman–Crippen MR) is 48.7 cm³/mol. The third-order valence-corrected chi connectivity index (χ3v) is 1.08. The molecule has 3 heteroatoms. The summed E-state index contributed by atoms with van der Waals surface area (Å²) in [4.78, 5) is 0. The van der Waals surface area contributed by atoms with Gasteiger partial charge in [0.25, 0.3) is 0 Å². The second kappa shape index (κ2) is 6.65. The van der Waals surface area contributed by atoms with Gasteiger partial charge in [0.15, 0.2) is 0 Å². The molecule has 54 valence electrons. The van der Waals surface area contributed by atoms with E-state index in [-0.39, 0.29) is 0 Å². The van der Waals surface area contributed by atoms with E-state index in [1.54, 1.807) is 0 Å². The minimum Gasteiger partial charge on any atom is -0.326 e. The Kier molecular flexibility index (Phi) is 6.34. The first-order valence-corrected chi connectivity index (χ1v) is 3.81. The van der Waals surface area contributed by atoms with Gasteiger partial charge in [0.05, 0.1) is 0 Å². The number of hydrogen-bond acceptors (Lipinski definition) is 1. The van der Waals surface area contributed by atoms with Gasteiger partial charge in [0.1, 0.15) is 0 Å². The van der Waals surface area contributed by atoms with Gasteiger partial charge in [-0.15, -0.1) is 0 Å². The van der Waals surface area contributed by atoms with Gasteiger partial charge < -0.3 is 5.73 Å². The number of nitrogens with two attached hydrogens (primary N) is 1. The van der Waals surface area contributed by atoms with Gasteiger partial charge in [-0.3, -0.25) is 0 Å². The van der Waals surface area contributed by atoms with E-state index in [9.17, 15) is 0 Å². The Morgan fingerprint density at radius 2 is 1.70 bits per heavy atom. The molecule has 1 aromatic carbocycles. The van der Waals surface area contributed by atoms with E-state index in [1.807, 2.05) is 30.3 Å². The summed E-state index contributed by atoms with van der Waals surface area (Å²) in [6.07, 6.45) is 0. The summed E-state index contributed by atoms with van der Waals surface area (Å²) in [7, 11) is 1.47. The lowest BCUT2D eigenvalue weighted by molar-refractivity contribution is 1.07. The molecule has 0 unspecified atom stereocenters. The number of halogens is 1. The Morgan fingerprint density at radius 1 is 1.20 bits per heavy atom. The molecule has 0 saturated carbocycles. The summed E-state index contributed by atoms with van der Waals surface area (Å²) >= 11 is 4.64. The van der Waals surface area contributed by atoms with Crippen molar-refractivity contribution in [1.82, 2.24) is 0 Å². The van der Waals surface area contributed by atoms with Crippen LogP contribution in [-0.4, -0.2) is 7.26 Å². The normalized spacial score (nSPS) is 7.80. The van der Waals surface area contributed by atoms with Crippen molar-refractivity contribution in [2.24, 2.45) is 5.73 Å². The van der Waals surface area contributed by atoms with Crippen LogP contribution in [-0.2, 0) is 6.54 Å². The fraction of sp³-hybridized carbons (Fsp3) is 0.143. The summed E-state index contributed by atoms with van der Waals surface area (Å²) < 4.78 is 0. The second-order valence-corrected chi connectivity index (χ2v) is 1.69. The van der Waals surface area contributed by atoms with Crippen LogP contribution in [0.4, 0.5) is 0 Å². The van der Waals surface area contributed by atoms with Crippen LogP contribution in [0.5, 0.6) is 0 Å². The zero-order valence-electron chi connectivity index (χ0n) is 6.05. The first kappa shape index (κ1) is 9.53. The van der Waals surface area contributed by atoms with E-state index in [0.29, 0.717) is 6.54 Å². The van der Waals surface area contributed by atoms with Crippen LogP contribution in [0.25, 0.3) is 0 Å². The van der Waals surface area contributed by atoms with Gasteiger partial charge in [0.2, 0.25) is 7.26 Å². The molecule has 0 amide bonds. The summed E-state index contributed by atoms with van der Waals surface area (Å²) in [6, 6.07) is 9.99. The minimum atomic E-state index is 0.640. The van der Waals surface area contributed by atoms with Gasteiger partial charge in [-0.2, -0.15) is 0 Å². The summed E-state index contributed by atoms with van der Waals surface area (Å²) in [5, 5.41) is 0. The first-order chi connectivity index (χ1) is 4.93. The smallest absolute Gasteiger partial charge is 0.215 e. The van der Waals surface area contributed by atoms with Gasteiger partial charge in [-0.25, -0.2) is 11.5 Å². The zero-order valence-corrected chi connectivity index (χ0v) is 6.81. The zero-order chi connectivity index (χ0) is 7.82. The molecule has 10 heavy (non-hydrogen) atoms. The summed E-state index contributed by atoms with van der Waals surface area (Å²) in [5.41, 5.74) is 6.54. The van der Waals surface area contributed by atoms with Crippen molar-refractivity contribution < 1.29 is 0 Å². The maximum absolute atomic E-state index is 5.35. The number of rotatable bonds is 1. The SMILES string of the molecule is BCl.NCc1ccccc1. The van der Waals surface area contributed by atoms with Gasteiger partial charge in [-0.1, -0.05) is 30.3 Å². The monoisotopic (exact) mass is 155 g/mol. The van der Waals surface area contributed by atoms with Crippen LogP contribution < -0.4 is 5.73 Å². The van der Waals surface area contributed by atoms with Crippen LogP contribution in [0.15, 0.2) is 30.3 Å². The second-order valence-electron chi connectivity index (χ2n) is 1.69. The first-order valence-electron chi connectivity index (χ1n) is 3.05. The van der Waals surface area contributed by atoms with Crippen molar-refractivity contribution in [1.29, 1.82) is 0 Å². The molecule has 0 atom stereocenters. The van der Waals surface area contributed by atoms with Crippen LogP contribution in [0, 0.1) is 0 Å². The highest BCUT2D eigenvalue weighted by Gasteiger charge is 1.80. The largest absolute Gasteiger partial charge is 0.326 e. The van der Waals surface area contributed by atoms with E-state index >= 15 is 0 Å². The van der Waals surface area contributed by atoms with Crippen molar-refractivity contribution in [2.75, 3.05) is 0 Å². The lowest BCUT2D eigenvalue weighted by atomic mass is 10.2. The van der Waals surface area contributed by atoms with E-state index < -0.39 is 0 Å². The quantitative estimate of drug-likeness (QED) is 0.600. The van der Waals surface area contributed by atoms with Crippen molar-refractivity contribution in [3.8, 4) is 0 Å². The van der Waals surface area contributed by atoms with E-state index in [0.717, 1.165) is 0 Å². The molecule has 2 N–H and O–H groups in total. The lowest BCUT2D eigenvalue weighted by Gasteiger charge is -1.90. The Balaban J connectivity index is 0.000000371. The van der Waals surface area contributed by atoms with Gasteiger partial charge >= 0.3 is 0 Å². The molecule has 1 rings (SSSR count). The molecule has 0 spiro atoms. The molecular formula is C7H11BClN. The topological polar surface area (TPSA) is 26.0 Å². The summed E-state index contributed by atoms with van der Waals surface area (Å²) in [5.74, 6) is 0. The maximum Gasteiger partial charge on any atom is 0.215 e. The molecule has 1 nitrogen and oxygen atoms in total. The van der Waals surface area contributed by atoms with Crippen molar-refractivity contribution in [3.05, 3.63) is 35.9 Å². The Labute approximate surface area is 67.5 Å². The third kappa shape index (κ3) is 3.54. The van der Waals surface area contributed by atoms with Crippen molar-refractivity contribution in [3.63, 3.8) is 0 Å². The van der Waals surface area contributed by atoms with Crippen LogP contribution in [0.2, 0.25) is 0 Å². The van der Waals surface area contributed by atoms with Crippen molar-refractivity contribution >= 4 is 18.7 Å². The van der Waals surface area contributed by atoms with Gasteiger partial charge in [0, 0.05) is 6.54 Å². The van der Waals surface area contributed by atoms with Crippen LogP contribution in [0.3, 0.4) is 0 Å². The molecule has 0 bridgehead atoms. The molecule has 0 aliphatic heterocycles. The lowest BCUT2D eigenvalue weighted by Crippen LogP contribution is -1.94. The van der Waals surface area contributed by atoms with E-state index in [1.165, 1.54) is 12.8 Å². The van der Waals surface area contributed by atoms with E-state index in [4.69, 9.17) is 5.73 Å². The molecule has 0 heterocycles. The molecule has 1 aromatic rings. The minimum absolute atomic E-state index is 0.640. The summed E-state index contributed by atoms with van der Waals surface area (Å²) in [6.45, 7) is 0.640. The molecule has 0 radical (unpaired) electrons. The molecule has 0 aliphatic carbocycles. The number of benzene rings is 1. The molecule has 0 fully saturated rings. The van der Waals surface area contributed by atoms with Crippen LogP contribution >= 0.6 is 11.5 Å². The molecular weight excluding hydrogens is 144 g/mol. The standard InChI is InChI=1S/C7H9N.BClH2/c8-6-7-4-2-1-3-5-7;1-2/h1-5H,6,8H2;1H2. The van der Waals surface area contributed by atoms with E-state index in [2.05, 4.69) is 11.5 Å². The highest BCUT2D eigenvalue weighted by Crippen LogP contribution is 1.94. The Hall–Kier alpha value is -0.465. The average molecular weight is 155 g/mol. The van der Waals surface area contributed by atoms with Crippen molar-refractivity contribution in [2.45, 2.75) is 6.54 Å².